The average molecular weight is 366 g/mol. The highest BCUT2D eigenvalue weighted by Crippen LogP contribution is 2.29. The van der Waals surface area contributed by atoms with Crippen LogP contribution in [-0.4, -0.2) is 33.6 Å². The van der Waals surface area contributed by atoms with E-state index in [4.69, 9.17) is 0 Å². The summed E-state index contributed by atoms with van der Waals surface area (Å²) in [6.07, 6.45) is 2.95. The quantitative estimate of drug-likeness (QED) is 0.900. The zero-order valence-electron chi connectivity index (χ0n) is 14.2. The minimum absolute atomic E-state index is 0.0748. The van der Waals surface area contributed by atoms with Crippen molar-refractivity contribution < 1.29 is 18.0 Å². The van der Waals surface area contributed by atoms with Crippen LogP contribution >= 0.6 is 0 Å². The first kappa shape index (κ1) is 18.3. The molecule has 2 heterocycles. The lowest BCUT2D eigenvalue weighted by molar-refractivity contribution is -0.137. The molecule has 1 saturated heterocycles. The molecule has 1 N–H and O–H groups in total. The van der Waals surface area contributed by atoms with Gasteiger partial charge in [-0.25, -0.2) is 9.78 Å². The second kappa shape index (κ2) is 7.80. The number of hydrogen-bond donors (Lipinski definition) is 1. The maximum absolute atomic E-state index is 12.8. The molecule has 2 aromatic rings. The van der Waals surface area contributed by atoms with Crippen LogP contribution in [0.4, 0.5) is 18.0 Å². The zero-order valence-corrected chi connectivity index (χ0v) is 14.2. The van der Waals surface area contributed by atoms with Crippen LogP contribution in [0.25, 0.3) is 0 Å². The number of piperidine rings is 1. The van der Waals surface area contributed by atoms with E-state index in [9.17, 15) is 18.0 Å². The molecule has 1 aliphatic heterocycles. The molecule has 1 fully saturated rings. The maximum atomic E-state index is 12.8. The highest BCUT2D eigenvalue weighted by Gasteiger charge is 2.30. The van der Waals surface area contributed by atoms with Crippen LogP contribution in [0.3, 0.4) is 0 Å². The number of nitrogens with zero attached hydrogens (tertiary/aromatic N) is 3. The molecule has 0 unspecified atom stereocenters. The van der Waals surface area contributed by atoms with Gasteiger partial charge >= 0.3 is 12.2 Å². The lowest BCUT2D eigenvalue weighted by Gasteiger charge is -2.33. The molecule has 140 valence electrons. The molecule has 1 aliphatic rings. The third-order valence-corrected chi connectivity index (χ3v) is 4.53. The van der Waals surface area contributed by atoms with E-state index in [1.54, 1.807) is 23.5 Å². The number of nitrogens with one attached hydrogen (secondary N) is 1. The van der Waals surface area contributed by atoms with Crippen LogP contribution in [-0.2, 0) is 19.3 Å². The average Bonchev–Trinajstić information content (AvgIpc) is 3.12. The molecule has 0 saturated carbocycles. The fraction of sp³-hybridized carbons (Fsp3) is 0.444. The Balaban J connectivity index is 1.53. The summed E-state index contributed by atoms with van der Waals surface area (Å²) in [5.41, 5.74) is -0.275. The third kappa shape index (κ3) is 4.77. The Morgan fingerprint density at radius 1 is 1.35 bits per heavy atom. The van der Waals surface area contributed by atoms with Crippen molar-refractivity contribution in [3.05, 3.63) is 54.1 Å². The van der Waals surface area contributed by atoms with Crippen molar-refractivity contribution in [2.24, 2.45) is 5.92 Å². The van der Waals surface area contributed by atoms with E-state index in [2.05, 4.69) is 10.3 Å². The monoisotopic (exact) mass is 366 g/mol. The van der Waals surface area contributed by atoms with E-state index in [0.717, 1.165) is 31.5 Å². The Morgan fingerprint density at radius 3 is 2.92 bits per heavy atom. The number of hydrogen-bond acceptors (Lipinski definition) is 2. The fourth-order valence-corrected chi connectivity index (χ4v) is 3.24. The molecule has 1 atom stereocenters. The highest BCUT2D eigenvalue weighted by molar-refractivity contribution is 5.74. The Labute approximate surface area is 149 Å². The molecule has 0 radical (unpaired) electrons. The van der Waals surface area contributed by atoms with Crippen molar-refractivity contribution in [1.29, 1.82) is 0 Å². The first-order chi connectivity index (χ1) is 12.4. The zero-order chi connectivity index (χ0) is 18.6. The number of likely N-dealkylation sites (tertiary alicyclic amines) is 1. The maximum Gasteiger partial charge on any atom is 0.416 e. The van der Waals surface area contributed by atoms with Gasteiger partial charge in [-0.2, -0.15) is 13.2 Å². The van der Waals surface area contributed by atoms with Gasteiger partial charge in [0.25, 0.3) is 0 Å². The molecule has 1 aromatic heterocycles. The fourth-order valence-electron chi connectivity index (χ4n) is 3.24. The van der Waals surface area contributed by atoms with Crippen molar-refractivity contribution in [3.63, 3.8) is 0 Å². The number of urea groups is 1. The van der Waals surface area contributed by atoms with Crippen molar-refractivity contribution in [3.8, 4) is 0 Å². The van der Waals surface area contributed by atoms with E-state index >= 15 is 0 Å². The number of aromatic nitrogens is 2. The smallest absolute Gasteiger partial charge is 0.337 e. The molecule has 26 heavy (non-hydrogen) atoms. The van der Waals surface area contributed by atoms with Gasteiger partial charge in [0.2, 0.25) is 0 Å². The summed E-state index contributed by atoms with van der Waals surface area (Å²) in [5.74, 6) is 0.345. The second-order valence-corrected chi connectivity index (χ2v) is 6.57. The van der Waals surface area contributed by atoms with E-state index in [1.807, 2.05) is 10.8 Å². The van der Waals surface area contributed by atoms with Gasteiger partial charge in [-0.15, -0.1) is 0 Å². The van der Waals surface area contributed by atoms with Gasteiger partial charge in [0.05, 0.1) is 11.9 Å². The standard InChI is InChI=1S/C18H21F3N4O/c19-18(20,21)16-5-1-3-14(9-16)10-23-17(26)25-7-2-4-15(12-25)11-24-8-6-22-13-24/h1,3,5-6,8-9,13,15H,2,4,7,10-12H2,(H,23,26)/t15-/m1/s1. The van der Waals surface area contributed by atoms with E-state index in [-0.39, 0.29) is 12.6 Å². The number of rotatable bonds is 4. The van der Waals surface area contributed by atoms with Gasteiger partial charge in [0, 0.05) is 38.6 Å². The number of halogens is 3. The van der Waals surface area contributed by atoms with Crippen LogP contribution in [0.5, 0.6) is 0 Å². The van der Waals surface area contributed by atoms with Gasteiger partial charge in [-0.3, -0.25) is 0 Å². The first-order valence-electron chi connectivity index (χ1n) is 8.56. The van der Waals surface area contributed by atoms with Crippen molar-refractivity contribution in [2.75, 3.05) is 13.1 Å². The first-order valence-corrected chi connectivity index (χ1v) is 8.56. The second-order valence-electron chi connectivity index (χ2n) is 6.57. The molecule has 5 nitrogen and oxygen atoms in total. The van der Waals surface area contributed by atoms with Crippen molar-refractivity contribution in [1.82, 2.24) is 19.8 Å². The van der Waals surface area contributed by atoms with Crippen LogP contribution in [0.15, 0.2) is 43.0 Å². The summed E-state index contributed by atoms with van der Waals surface area (Å²) in [7, 11) is 0. The molecule has 0 aliphatic carbocycles. The number of alkyl halides is 3. The molecule has 1 aromatic carbocycles. The van der Waals surface area contributed by atoms with Crippen LogP contribution in [0.1, 0.15) is 24.0 Å². The summed E-state index contributed by atoms with van der Waals surface area (Å²) in [6.45, 7) is 2.17. The van der Waals surface area contributed by atoms with Gasteiger partial charge in [-0.05, 0) is 36.5 Å². The largest absolute Gasteiger partial charge is 0.416 e. The van der Waals surface area contributed by atoms with Crippen molar-refractivity contribution in [2.45, 2.75) is 32.1 Å². The predicted octanol–water partition coefficient (Wildman–Crippen LogP) is 3.52. The number of imidazole rings is 1. The number of benzene rings is 1. The van der Waals surface area contributed by atoms with Gasteiger partial charge < -0.3 is 14.8 Å². The summed E-state index contributed by atoms with van der Waals surface area (Å²) in [6, 6.07) is 4.78. The predicted molar refractivity (Wildman–Crippen MR) is 90.2 cm³/mol. The normalized spacial score (nSPS) is 18.0. The summed E-state index contributed by atoms with van der Waals surface area (Å²) < 4.78 is 40.3. The van der Waals surface area contributed by atoms with E-state index in [0.29, 0.717) is 24.6 Å². The lowest BCUT2D eigenvalue weighted by atomic mass is 9.98. The molecule has 0 bridgehead atoms. The van der Waals surface area contributed by atoms with Gasteiger partial charge in [0.1, 0.15) is 0 Å². The minimum Gasteiger partial charge on any atom is -0.337 e. The van der Waals surface area contributed by atoms with E-state index in [1.165, 1.54) is 6.07 Å². The van der Waals surface area contributed by atoms with Crippen LogP contribution < -0.4 is 5.32 Å². The summed E-state index contributed by atoms with van der Waals surface area (Å²) in [5, 5.41) is 2.73. The summed E-state index contributed by atoms with van der Waals surface area (Å²) in [4.78, 5) is 18.1. The SMILES string of the molecule is O=C(NCc1cccc(C(F)(F)F)c1)N1CCC[C@H](Cn2ccnc2)C1. The number of amides is 2. The Bertz CT molecular complexity index is 730. The Kier molecular flexibility index (Phi) is 5.49. The van der Waals surface area contributed by atoms with Crippen LogP contribution in [0, 0.1) is 5.92 Å². The number of carbonyl (C=O) groups is 1. The minimum atomic E-state index is -4.38. The highest BCUT2D eigenvalue weighted by atomic mass is 19.4. The molecule has 8 heteroatoms. The summed E-state index contributed by atoms with van der Waals surface area (Å²) >= 11 is 0. The van der Waals surface area contributed by atoms with Gasteiger partial charge in [0.15, 0.2) is 0 Å². The van der Waals surface area contributed by atoms with E-state index < -0.39 is 11.7 Å². The van der Waals surface area contributed by atoms with Crippen molar-refractivity contribution >= 4 is 6.03 Å². The topological polar surface area (TPSA) is 50.2 Å². The van der Waals surface area contributed by atoms with Crippen LogP contribution in [0.2, 0.25) is 0 Å². The molecule has 0 spiro atoms. The molecule has 3 rings (SSSR count). The molecular formula is C18H21F3N4O. The Hall–Kier alpha value is -2.51. The third-order valence-electron chi connectivity index (χ3n) is 4.53. The number of carbonyl (C=O) groups excluding carboxylic acids is 1. The Morgan fingerprint density at radius 2 is 2.19 bits per heavy atom. The van der Waals surface area contributed by atoms with Gasteiger partial charge in [-0.1, -0.05) is 12.1 Å². The molecule has 2 amide bonds. The lowest BCUT2D eigenvalue weighted by Crippen LogP contribution is -2.46. The molecular weight excluding hydrogens is 345 g/mol.